The molecular formula is C19H23FN2OS. The van der Waals surface area contributed by atoms with Gasteiger partial charge in [-0.1, -0.05) is 30.3 Å². The van der Waals surface area contributed by atoms with E-state index in [0.29, 0.717) is 18.0 Å². The van der Waals surface area contributed by atoms with Crippen molar-refractivity contribution >= 4 is 23.4 Å². The second-order valence-electron chi connectivity index (χ2n) is 5.83. The van der Waals surface area contributed by atoms with Crippen LogP contribution >= 0.6 is 11.8 Å². The molecule has 0 bridgehead atoms. The quantitative estimate of drug-likeness (QED) is 0.766. The van der Waals surface area contributed by atoms with Gasteiger partial charge in [0.15, 0.2) is 0 Å². The minimum Gasteiger partial charge on any atom is -0.324 e. The van der Waals surface area contributed by atoms with Gasteiger partial charge in [-0.3, -0.25) is 9.69 Å². The summed E-state index contributed by atoms with van der Waals surface area (Å²) in [6.45, 7) is 4.99. The van der Waals surface area contributed by atoms with Crippen LogP contribution in [0.3, 0.4) is 0 Å². The highest BCUT2D eigenvalue weighted by molar-refractivity contribution is 7.99. The maximum absolute atomic E-state index is 13.5. The number of nitrogens with zero attached hydrogens (tertiary/aromatic N) is 1. The van der Waals surface area contributed by atoms with Crippen molar-refractivity contribution in [2.75, 3.05) is 31.2 Å². The summed E-state index contributed by atoms with van der Waals surface area (Å²) in [6.07, 6.45) is 0. The molecule has 0 aromatic heterocycles. The highest BCUT2D eigenvalue weighted by atomic mass is 32.2. The lowest BCUT2D eigenvalue weighted by Crippen LogP contribution is -2.32. The van der Waals surface area contributed by atoms with Crippen molar-refractivity contribution in [3.63, 3.8) is 0 Å². The molecule has 0 aliphatic heterocycles. The van der Waals surface area contributed by atoms with Crippen molar-refractivity contribution in [2.45, 2.75) is 18.7 Å². The maximum Gasteiger partial charge on any atom is 0.238 e. The number of thioether (sulfide) groups is 1. The van der Waals surface area contributed by atoms with Gasteiger partial charge in [0.25, 0.3) is 0 Å². The predicted molar refractivity (Wildman–Crippen MR) is 99.2 cm³/mol. The van der Waals surface area contributed by atoms with Gasteiger partial charge in [0, 0.05) is 22.9 Å². The lowest BCUT2D eigenvalue weighted by Gasteiger charge is -2.17. The lowest BCUT2D eigenvalue weighted by molar-refractivity contribution is -0.117. The van der Waals surface area contributed by atoms with Crippen LogP contribution in [0.1, 0.15) is 11.1 Å². The Balaban J connectivity index is 1.79. The van der Waals surface area contributed by atoms with Gasteiger partial charge >= 0.3 is 0 Å². The van der Waals surface area contributed by atoms with Gasteiger partial charge in [0.2, 0.25) is 5.91 Å². The smallest absolute Gasteiger partial charge is 0.238 e. The van der Waals surface area contributed by atoms with Crippen LogP contribution in [0.4, 0.5) is 10.1 Å². The molecule has 0 aliphatic carbocycles. The number of aryl methyl sites for hydroxylation is 2. The molecule has 24 heavy (non-hydrogen) atoms. The first-order chi connectivity index (χ1) is 11.5. The van der Waals surface area contributed by atoms with E-state index in [4.69, 9.17) is 0 Å². The van der Waals surface area contributed by atoms with Gasteiger partial charge < -0.3 is 5.32 Å². The van der Waals surface area contributed by atoms with Crippen molar-refractivity contribution < 1.29 is 9.18 Å². The van der Waals surface area contributed by atoms with E-state index in [-0.39, 0.29) is 11.7 Å². The van der Waals surface area contributed by atoms with E-state index in [1.807, 2.05) is 50.1 Å². The summed E-state index contributed by atoms with van der Waals surface area (Å²) in [7, 11) is 1.90. The lowest BCUT2D eigenvalue weighted by atomic mass is 10.1. The van der Waals surface area contributed by atoms with Crippen LogP contribution in [0, 0.1) is 19.7 Å². The molecule has 1 N–H and O–H groups in total. The molecule has 0 radical (unpaired) electrons. The first-order valence-corrected chi connectivity index (χ1v) is 8.88. The van der Waals surface area contributed by atoms with Crippen LogP contribution in [0.25, 0.3) is 0 Å². The summed E-state index contributed by atoms with van der Waals surface area (Å²) in [5.41, 5.74) is 3.00. The fourth-order valence-electron chi connectivity index (χ4n) is 2.39. The molecule has 3 nitrogen and oxygen atoms in total. The predicted octanol–water partition coefficient (Wildman–Crippen LogP) is 4.11. The first kappa shape index (κ1) is 18.5. The van der Waals surface area contributed by atoms with Gasteiger partial charge in [0.1, 0.15) is 5.82 Å². The fourth-order valence-corrected chi connectivity index (χ4v) is 3.39. The number of amides is 1. The van der Waals surface area contributed by atoms with Crippen molar-refractivity contribution in [3.8, 4) is 0 Å². The Morgan fingerprint density at radius 3 is 2.46 bits per heavy atom. The molecule has 2 aromatic rings. The minimum atomic E-state index is -0.196. The summed E-state index contributed by atoms with van der Waals surface area (Å²) in [6, 6.07) is 12.7. The Labute approximate surface area is 147 Å². The highest BCUT2D eigenvalue weighted by Gasteiger charge is 2.10. The Morgan fingerprint density at radius 1 is 1.12 bits per heavy atom. The van der Waals surface area contributed by atoms with Gasteiger partial charge in [-0.15, -0.1) is 11.8 Å². The van der Waals surface area contributed by atoms with Crippen LogP contribution < -0.4 is 5.32 Å². The summed E-state index contributed by atoms with van der Waals surface area (Å²) >= 11 is 1.46. The molecule has 2 aromatic carbocycles. The van der Waals surface area contributed by atoms with E-state index in [1.54, 1.807) is 12.1 Å². The van der Waals surface area contributed by atoms with E-state index in [0.717, 1.165) is 22.6 Å². The number of nitrogens with one attached hydrogen (secondary N) is 1. The number of anilines is 1. The standard InChI is InChI=1S/C19H23FN2OS/c1-14-7-6-8-15(2)19(14)21-18(23)13-22(3)11-12-24-17-10-5-4-9-16(17)20/h4-10H,11-13H2,1-3H3,(H,21,23). The molecule has 0 aliphatic rings. The molecule has 0 saturated carbocycles. The molecule has 0 saturated heterocycles. The average molecular weight is 346 g/mol. The molecule has 0 heterocycles. The third kappa shape index (κ3) is 5.35. The molecule has 0 atom stereocenters. The second kappa shape index (κ2) is 8.85. The van der Waals surface area contributed by atoms with Gasteiger partial charge in [-0.05, 0) is 44.2 Å². The van der Waals surface area contributed by atoms with Crippen molar-refractivity contribution in [1.82, 2.24) is 4.90 Å². The van der Waals surface area contributed by atoms with Crippen molar-refractivity contribution in [2.24, 2.45) is 0 Å². The Bertz CT molecular complexity index is 685. The van der Waals surface area contributed by atoms with Crippen molar-refractivity contribution in [1.29, 1.82) is 0 Å². The summed E-state index contributed by atoms with van der Waals surface area (Å²) in [5, 5.41) is 2.98. The zero-order chi connectivity index (χ0) is 17.5. The Kier molecular flexibility index (Phi) is 6.82. The monoisotopic (exact) mass is 346 g/mol. The largest absolute Gasteiger partial charge is 0.324 e. The molecule has 128 valence electrons. The number of para-hydroxylation sites is 1. The van der Waals surface area contributed by atoms with E-state index >= 15 is 0 Å². The third-order valence-electron chi connectivity index (χ3n) is 3.73. The summed E-state index contributed by atoms with van der Waals surface area (Å²) < 4.78 is 13.5. The Hall–Kier alpha value is -1.85. The van der Waals surface area contributed by atoms with Gasteiger partial charge in [0.05, 0.1) is 6.54 Å². The van der Waals surface area contributed by atoms with Crippen molar-refractivity contribution in [3.05, 3.63) is 59.4 Å². The number of carbonyl (C=O) groups is 1. The normalized spacial score (nSPS) is 10.9. The van der Waals surface area contributed by atoms with E-state index < -0.39 is 0 Å². The molecule has 0 unspecified atom stereocenters. The number of carbonyl (C=O) groups excluding carboxylic acids is 1. The van der Waals surface area contributed by atoms with E-state index in [9.17, 15) is 9.18 Å². The number of likely N-dealkylation sites (N-methyl/N-ethyl adjacent to an activating group) is 1. The third-order valence-corrected chi connectivity index (χ3v) is 4.76. The molecular weight excluding hydrogens is 323 g/mol. The second-order valence-corrected chi connectivity index (χ2v) is 6.97. The van der Waals surface area contributed by atoms with Crippen LogP contribution in [0.15, 0.2) is 47.4 Å². The Morgan fingerprint density at radius 2 is 1.79 bits per heavy atom. The topological polar surface area (TPSA) is 32.3 Å². The number of hydrogen-bond donors (Lipinski definition) is 1. The fraction of sp³-hybridized carbons (Fsp3) is 0.316. The highest BCUT2D eigenvalue weighted by Crippen LogP contribution is 2.21. The molecule has 1 amide bonds. The maximum atomic E-state index is 13.5. The van der Waals surface area contributed by atoms with Gasteiger partial charge in [-0.25, -0.2) is 4.39 Å². The zero-order valence-electron chi connectivity index (χ0n) is 14.3. The van der Waals surface area contributed by atoms with Gasteiger partial charge in [-0.2, -0.15) is 0 Å². The van der Waals surface area contributed by atoms with Crippen LogP contribution in [-0.2, 0) is 4.79 Å². The average Bonchev–Trinajstić information content (AvgIpc) is 2.53. The van der Waals surface area contributed by atoms with Crippen LogP contribution in [0.5, 0.6) is 0 Å². The molecule has 0 spiro atoms. The van der Waals surface area contributed by atoms with Crippen LogP contribution in [0.2, 0.25) is 0 Å². The zero-order valence-corrected chi connectivity index (χ0v) is 15.1. The minimum absolute atomic E-state index is 0.0363. The number of halogens is 1. The molecule has 5 heteroatoms. The number of rotatable bonds is 7. The first-order valence-electron chi connectivity index (χ1n) is 7.89. The summed E-state index contributed by atoms with van der Waals surface area (Å²) in [5.74, 6) is 0.498. The van der Waals surface area contributed by atoms with Crippen LogP contribution in [-0.4, -0.2) is 36.7 Å². The number of benzene rings is 2. The SMILES string of the molecule is Cc1cccc(C)c1NC(=O)CN(C)CCSc1ccccc1F. The number of hydrogen-bond acceptors (Lipinski definition) is 3. The summed E-state index contributed by atoms with van der Waals surface area (Å²) in [4.78, 5) is 14.8. The van der Waals surface area contributed by atoms with E-state index in [2.05, 4.69) is 5.32 Å². The van der Waals surface area contributed by atoms with E-state index in [1.165, 1.54) is 17.8 Å². The molecule has 0 fully saturated rings. The molecule has 2 rings (SSSR count).